The summed E-state index contributed by atoms with van der Waals surface area (Å²) in [4.78, 5) is 11.9. The van der Waals surface area contributed by atoms with Crippen LogP contribution in [0.25, 0.3) is 0 Å². The van der Waals surface area contributed by atoms with E-state index in [1.165, 1.54) is 30.3 Å². The van der Waals surface area contributed by atoms with E-state index in [-0.39, 0.29) is 16.9 Å². The summed E-state index contributed by atoms with van der Waals surface area (Å²) < 4.78 is 38.3. The van der Waals surface area contributed by atoms with Crippen molar-refractivity contribution in [3.05, 3.63) is 64.4 Å². The second kappa shape index (κ2) is 6.49. The Morgan fingerprint density at radius 1 is 1.10 bits per heavy atom. The molecule has 0 bridgehead atoms. The molecule has 0 atom stereocenters. The maximum Gasteiger partial charge on any atom is 0.185 e. The smallest absolute Gasteiger partial charge is 0.185 e. The van der Waals surface area contributed by atoms with Crippen LogP contribution < -0.4 is 0 Å². The SMILES string of the molecule is O=C(Cc1ccccc1F)CS(=O)(=O)c1cccc(Br)c1. The van der Waals surface area contributed by atoms with Crippen molar-refractivity contribution < 1.29 is 17.6 Å². The van der Waals surface area contributed by atoms with Crippen LogP contribution in [0.1, 0.15) is 5.56 Å². The van der Waals surface area contributed by atoms with Crippen molar-refractivity contribution in [2.45, 2.75) is 11.3 Å². The fourth-order valence-corrected chi connectivity index (χ4v) is 3.70. The molecule has 0 N–H and O–H groups in total. The van der Waals surface area contributed by atoms with E-state index in [2.05, 4.69) is 15.9 Å². The molecule has 0 heterocycles. The molecule has 0 aliphatic carbocycles. The van der Waals surface area contributed by atoms with Gasteiger partial charge in [-0.1, -0.05) is 40.2 Å². The van der Waals surface area contributed by atoms with Crippen molar-refractivity contribution in [3.8, 4) is 0 Å². The Morgan fingerprint density at radius 3 is 2.48 bits per heavy atom. The van der Waals surface area contributed by atoms with Gasteiger partial charge in [0.25, 0.3) is 0 Å². The number of hydrogen-bond acceptors (Lipinski definition) is 3. The highest BCUT2D eigenvalue weighted by molar-refractivity contribution is 9.10. The number of Topliss-reactive ketones (excluding diaryl/α,β-unsaturated/α-hetero) is 1. The topological polar surface area (TPSA) is 51.2 Å². The zero-order chi connectivity index (χ0) is 15.5. The van der Waals surface area contributed by atoms with Crippen LogP contribution in [0.2, 0.25) is 0 Å². The fraction of sp³-hybridized carbons (Fsp3) is 0.133. The maximum atomic E-state index is 13.5. The average Bonchev–Trinajstić information content (AvgIpc) is 2.41. The highest BCUT2D eigenvalue weighted by Gasteiger charge is 2.20. The summed E-state index contributed by atoms with van der Waals surface area (Å²) in [5, 5.41) is 0. The fourth-order valence-electron chi connectivity index (χ4n) is 1.86. The number of benzene rings is 2. The molecule has 0 saturated carbocycles. The summed E-state index contributed by atoms with van der Waals surface area (Å²) in [5.74, 6) is -1.69. The van der Waals surface area contributed by atoms with E-state index in [1.807, 2.05) is 0 Å². The molecule has 110 valence electrons. The van der Waals surface area contributed by atoms with E-state index >= 15 is 0 Å². The van der Waals surface area contributed by atoms with Gasteiger partial charge in [-0.25, -0.2) is 12.8 Å². The number of ketones is 1. The third-order valence-electron chi connectivity index (χ3n) is 2.85. The Morgan fingerprint density at radius 2 is 1.81 bits per heavy atom. The van der Waals surface area contributed by atoms with E-state index in [0.717, 1.165) is 0 Å². The van der Waals surface area contributed by atoms with Gasteiger partial charge in [0.05, 0.1) is 4.90 Å². The monoisotopic (exact) mass is 370 g/mol. The summed E-state index contributed by atoms with van der Waals surface area (Å²) in [6, 6.07) is 12.0. The first-order valence-electron chi connectivity index (χ1n) is 6.12. The van der Waals surface area contributed by atoms with Gasteiger partial charge in [0.15, 0.2) is 15.6 Å². The molecule has 3 nitrogen and oxygen atoms in total. The second-order valence-corrected chi connectivity index (χ2v) is 7.43. The van der Waals surface area contributed by atoms with Gasteiger partial charge in [0, 0.05) is 10.9 Å². The summed E-state index contributed by atoms with van der Waals surface area (Å²) in [5.41, 5.74) is 0.201. The van der Waals surface area contributed by atoms with Crippen molar-refractivity contribution in [2.75, 3.05) is 5.75 Å². The van der Waals surface area contributed by atoms with Gasteiger partial charge in [0.1, 0.15) is 11.6 Å². The van der Waals surface area contributed by atoms with Crippen molar-refractivity contribution in [2.24, 2.45) is 0 Å². The van der Waals surface area contributed by atoms with Gasteiger partial charge in [-0.05, 0) is 29.8 Å². The molecule has 0 spiro atoms. The first kappa shape index (κ1) is 15.9. The largest absolute Gasteiger partial charge is 0.298 e. The van der Waals surface area contributed by atoms with Crippen LogP contribution in [-0.4, -0.2) is 20.0 Å². The first-order valence-corrected chi connectivity index (χ1v) is 8.56. The summed E-state index contributed by atoms with van der Waals surface area (Å²) in [7, 11) is -3.72. The molecule has 0 radical (unpaired) electrons. The molecule has 2 rings (SSSR count). The number of halogens is 2. The van der Waals surface area contributed by atoms with E-state index in [9.17, 15) is 17.6 Å². The van der Waals surface area contributed by atoms with Gasteiger partial charge in [0.2, 0.25) is 0 Å². The Kier molecular flexibility index (Phi) is 4.90. The standard InChI is InChI=1S/C15H12BrFO3S/c16-12-5-3-6-14(9-12)21(19,20)10-13(18)8-11-4-1-2-7-15(11)17/h1-7,9H,8,10H2. The number of sulfone groups is 1. The minimum Gasteiger partial charge on any atom is -0.298 e. The summed E-state index contributed by atoms with van der Waals surface area (Å²) >= 11 is 3.19. The van der Waals surface area contributed by atoms with Crippen LogP contribution in [0.15, 0.2) is 57.9 Å². The molecule has 6 heteroatoms. The van der Waals surface area contributed by atoms with Gasteiger partial charge in [-0.3, -0.25) is 4.79 Å². The predicted molar refractivity (Wildman–Crippen MR) is 81.3 cm³/mol. The maximum absolute atomic E-state index is 13.5. The molecular formula is C15H12BrFO3S. The van der Waals surface area contributed by atoms with Crippen molar-refractivity contribution in [1.82, 2.24) is 0 Å². The molecule has 0 aliphatic rings. The lowest BCUT2D eigenvalue weighted by Gasteiger charge is -2.05. The predicted octanol–water partition coefficient (Wildman–Crippen LogP) is 3.17. The van der Waals surface area contributed by atoms with Gasteiger partial charge in [-0.2, -0.15) is 0 Å². The van der Waals surface area contributed by atoms with Crippen LogP contribution in [0, 0.1) is 5.82 Å². The van der Waals surface area contributed by atoms with Gasteiger partial charge in [-0.15, -0.1) is 0 Å². The molecule has 0 saturated heterocycles. The van der Waals surface area contributed by atoms with Gasteiger partial charge < -0.3 is 0 Å². The lowest BCUT2D eigenvalue weighted by atomic mass is 10.1. The van der Waals surface area contributed by atoms with E-state index in [1.54, 1.807) is 18.2 Å². The highest BCUT2D eigenvalue weighted by Crippen LogP contribution is 2.18. The molecule has 2 aromatic rings. The average molecular weight is 371 g/mol. The van der Waals surface area contributed by atoms with Crippen LogP contribution in [0.3, 0.4) is 0 Å². The van der Waals surface area contributed by atoms with E-state index in [0.29, 0.717) is 4.47 Å². The Hall–Kier alpha value is -1.53. The zero-order valence-electron chi connectivity index (χ0n) is 10.9. The second-order valence-electron chi connectivity index (χ2n) is 4.52. The third-order valence-corrected chi connectivity index (χ3v) is 5.02. The Labute approximate surface area is 130 Å². The summed E-state index contributed by atoms with van der Waals surface area (Å²) in [6.07, 6.45) is -0.236. The van der Waals surface area contributed by atoms with Gasteiger partial charge >= 0.3 is 0 Å². The molecule has 0 fully saturated rings. The minimum atomic E-state index is -3.72. The zero-order valence-corrected chi connectivity index (χ0v) is 13.3. The van der Waals surface area contributed by atoms with Crippen molar-refractivity contribution in [1.29, 1.82) is 0 Å². The van der Waals surface area contributed by atoms with Crippen LogP contribution in [0.4, 0.5) is 4.39 Å². The normalized spacial score (nSPS) is 11.3. The van der Waals surface area contributed by atoms with Crippen molar-refractivity contribution in [3.63, 3.8) is 0 Å². The molecule has 0 amide bonds. The third kappa shape index (κ3) is 4.22. The lowest BCUT2D eigenvalue weighted by molar-refractivity contribution is -0.116. The number of hydrogen-bond donors (Lipinski definition) is 0. The molecule has 0 aromatic heterocycles. The molecular weight excluding hydrogens is 359 g/mol. The molecule has 21 heavy (non-hydrogen) atoms. The number of rotatable bonds is 5. The Bertz CT molecular complexity index is 772. The minimum absolute atomic E-state index is 0.0683. The molecule has 2 aromatic carbocycles. The number of carbonyl (C=O) groups excluding carboxylic acids is 1. The van der Waals surface area contributed by atoms with Crippen LogP contribution >= 0.6 is 15.9 Å². The number of carbonyl (C=O) groups is 1. The quantitative estimate of drug-likeness (QED) is 0.811. The molecule has 0 unspecified atom stereocenters. The van der Waals surface area contributed by atoms with E-state index in [4.69, 9.17) is 0 Å². The summed E-state index contributed by atoms with van der Waals surface area (Å²) in [6.45, 7) is 0. The van der Waals surface area contributed by atoms with Crippen LogP contribution in [0.5, 0.6) is 0 Å². The van der Waals surface area contributed by atoms with Crippen molar-refractivity contribution >= 4 is 31.6 Å². The molecule has 0 aliphatic heterocycles. The Balaban J connectivity index is 2.14. The lowest BCUT2D eigenvalue weighted by Crippen LogP contribution is -2.18. The van der Waals surface area contributed by atoms with Crippen LogP contribution in [-0.2, 0) is 21.1 Å². The van der Waals surface area contributed by atoms with E-state index < -0.39 is 27.2 Å². The highest BCUT2D eigenvalue weighted by atomic mass is 79.9. The first-order chi connectivity index (χ1) is 9.88.